The van der Waals surface area contributed by atoms with Gasteiger partial charge in [-0.1, -0.05) is 54.1 Å². The molecule has 34 heavy (non-hydrogen) atoms. The predicted octanol–water partition coefficient (Wildman–Crippen LogP) is 0.286. The molecule has 2 heterocycles. The number of aliphatic hydroxyl groups excluding tert-OH is 4. The third kappa shape index (κ3) is 5.29. The highest BCUT2D eigenvalue weighted by Crippen LogP contribution is 2.23. The molecule has 1 aliphatic rings. The van der Waals surface area contributed by atoms with Gasteiger partial charge in [-0.25, -0.2) is 5.43 Å². The van der Waals surface area contributed by atoms with Crippen LogP contribution < -0.4 is 10.9 Å². The fourth-order valence-electron chi connectivity index (χ4n) is 3.66. The zero-order valence-electron chi connectivity index (χ0n) is 18.0. The van der Waals surface area contributed by atoms with Gasteiger partial charge >= 0.3 is 0 Å². The standard InChI is InChI=1S/C23H25ClN4O6/c24-15-8-6-14(7-9-15)16-10-17(28(27-16)11-13-4-2-1-3-5-13)22(33)25-26-23-21(32)20(31)19(30)18(12-29)34-23/h1-10,18-21,23,26,29-32H,11-12H2,(H,25,33)/t18-,19-,20+,21-,23-/m1/s1. The summed E-state index contributed by atoms with van der Waals surface area (Å²) in [4.78, 5) is 13.0. The molecule has 0 spiro atoms. The molecule has 1 fully saturated rings. The molecule has 1 aromatic heterocycles. The molecular formula is C23H25ClN4O6. The number of aliphatic hydroxyl groups is 4. The third-order valence-corrected chi connectivity index (χ3v) is 5.80. The Morgan fingerprint density at radius 1 is 1.03 bits per heavy atom. The number of nitrogens with zero attached hydrogens (tertiary/aromatic N) is 2. The highest BCUT2D eigenvalue weighted by molar-refractivity contribution is 6.30. The van der Waals surface area contributed by atoms with Gasteiger partial charge in [-0.2, -0.15) is 5.10 Å². The van der Waals surface area contributed by atoms with Gasteiger partial charge in [0.1, 0.15) is 30.1 Å². The number of hydrogen-bond acceptors (Lipinski definition) is 8. The number of amides is 1. The molecule has 10 nitrogen and oxygen atoms in total. The molecule has 4 rings (SSSR count). The van der Waals surface area contributed by atoms with E-state index in [9.17, 15) is 25.2 Å². The zero-order valence-corrected chi connectivity index (χ0v) is 18.7. The molecule has 0 saturated carbocycles. The highest BCUT2D eigenvalue weighted by Gasteiger charge is 2.43. The van der Waals surface area contributed by atoms with Crippen molar-refractivity contribution in [3.05, 3.63) is 76.9 Å². The summed E-state index contributed by atoms with van der Waals surface area (Å²) in [5, 5.41) is 44.5. The highest BCUT2D eigenvalue weighted by atomic mass is 35.5. The van der Waals surface area contributed by atoms with Crippen molar-refractivity contribution < 1.29 is 30.0 Å². The van der Waals surface area contributed by atoms with Crippen LogP contribution in [0.4, 0.5) is 0 Å². The van der Waals surface area contributed by atoms with Crippen LogP contribution >= 0.6 is 11.6 Å². The van der Waals surface area contributed by atoms with Crippen molar-refractivity contribution in [2.45, 2.75) is 37.2 Å². The van der Waals surface area contributed by atoms with Crippen molar-refractivity contribution in [1.29, 1.82) is 0 Å². The third-order valence-electron chi connectivity index (χ3n) is 5.55. The van der Waals surface area contributed by atoms with E-state index < -0.39 is 43.2 Å². The molecule has 0 bridgehead atoms. The van der Waals surface area contributed by atoms with E-state index in [4.69, 9.17) is 16.3 Å². The molecule has 3 aromatic rings. The maximum atomic E-state index is 13.0. The molecule has 1 amide bonds. The minimum atomic E-state index is -1.57. The number of aromatic nitrogens is 2. The van der Waals surface area contributed by atoms with E-state index in [2.05, 4.69) is 16.0 Å². The van der Waals surface area contributed by atoms with Crippen LogP contribution in [0.2, 0.25) is 5.02 Å². The molecule has 0 aliphatic carbocycles. The second-order valence-electron chi connectivity index (χ2n) is 7.91. The van der Waals surface area contributed by atoms with E-state index in [0.717, 1.165) is 11.1 Å². The first kappa shape index (κ1) is 24.3. The smallest absolute Gasteiger partial charge is 0.283 e. The Kier molecular flexibility index (Phi) is 7.59. The Morgan fingerprint density at radius 2 is 1.74 bits per heavy atom. The van der Waals surface area contributed by atoms with Gasteiger partial charge in [0.2, 0.25) is 0 Å². The summed E-state index contributed by atoms with van der Waals surface area (Å²) in [5.41, 5.74) is 7.46. The first-order valence-electron chi connectivity index (χ1n) is 10.6. The predicted molar refractivity (Wildman–Crippen MR) is 123 cm³/mol. The number of hydrazine groups is 1. The van der Waals surface area contributed by atoms with Gasteiger partial charge < -0.3 is 25.2 Å². The number of carbonyl (C=O) groups is 1. The summed E-state index contributed by atoms with van der Waals surface area (Å²) >= 11 is 5.98. The lowest BCUT2D eigenvalue weighted by Crippen LogP contribution is -2.64. The summed E-state index contributed by atoms with van der Waals surface area (Å²) in [5.74, 6) is -0.569. The average molecular weight is 489 g/mol. The fraction of sp³-hybridized carbons (Fsp3) is 0.304. The average Bonchev–Trinajstić information content (AvgIpc) is 3.27. The Bertz CT molecular complexity index is 1110. The summed E-state index contributed by atoms with van der Waals surface area (Å²) in [6.07, 6.45) is -6.98. The van der Waals surface area contributed by atoms with Gasteiger partial charge in [0.05, 0.1) is 18.8 Å². The number of carbonyl (C=O) groups excluding carboxylic acids is 1. The number of ether oxygens (including phenoxy) is 1. The largest absolute Gasteiger partial charge is 0.394 e. The quantitative estimate of drug-likeness (QED) is 0.260. The topological polar surface area (TPSA) is 149 Å². The van der Waals surface area contributed by atoms with Crippen LogP contribution in [0.1, 0.15) is 16.1 Å². The first-order chi connectivity index (χ1) is 16.4. The maximum absolute atomic E-state index is 13.0. The van der Waals surface area contributed by atoms with E-state index in [1.165, 1.54) is 0 Å². The normalized spacial score (nSPS) is 24.7. The molecule has 1 aliphatic heterocycles. The minimum absolute atomic E-state index is 0.228. The van der Waals surface area contributed by atoms with Gasteiger partial charge in [0.15, 0.2) is 6.23 Å². The monoisotopic (exact) mass is 488 g/mol. The van der Waals surface area contributed by atoms with Crippen LogP contribution in [0.25, 0.3) is 11.3 Å². The second kappa shape index (κ2) is 10.6. The Labute approximate surface area is 200 Å². The van der Waals surface area contributed by atoms with Crippen LogP contribution in [-0.4, -0.2) is 73.4 Å². The molecule has 5 atom stereocenters. The fourth-order valence-corrected chi connectivity index (χ4v) is 3.79. The summed E-state index contributed by atoms with van der Waals surface area (Å²) in [7, 11) is 0. The van der Waals surface area contributed by atoms with Gasteiger partial charge in [-0.15, -0.1) is 0 Å². The SMILES string of the molecule is O=C(NN[C@@H]1O[C@H](CO)[C@@H](O)[C@H](O)[C@H]1O)c1cc(-c2ccc(Cl)cc2)nn1Cc1ccccc1. The van der Waals surface area contributed by atoms with Crippen LogP contribution in [0, 0.1) is 0 Å². The van der Waals surface area contributed by atoms with Gasteiger partial charge in [0.25, 0.3) is 5.91 Å². The van der Waals surface area contributed by atoms with Gasteiger partial charge in [-0.05, 0) is 23.8 Å². The summed E-state index contributed by atoms with van der Waals surface area (Å²) in [6, 6.07) is 18.2. The molecular weight excluding hydrogens is 464 g/mol. The van der Waals surface area contributed by atoms with Crippen LogP contribution in [0.5, 0.6) is 0 Å². The second-order valence-corrected chi connectivity index (χ2v) is 8.35. The zero-order chi connectivity index (χ0) is 24.2. The van der Waals surface area contributed by atoms with Gasteiger partial charge in [0, 0.05) is 10.6 Å². The first-order valence-corrected chi connectivity index (χ1v) is 11.0. The number of nitrogens with one attached hydrogen (secondary N) is 2. The van der Waals surface area contributed by atoms with Crippen LogP contribution in [0.15, 0.2) is 60.7 Å². The molecule has 0 unspecified atom stereocenters. The number of benzene rings is 2. The van der Waals surface area contributed by atoms with Crippen molar-refractivity contribution in [2.75, 3.05) is 6.61 Å². The molecule has 2 aromatic carbocycles. The molecule has 6 N–H and O–H groups in total. The number of rotatable bonds is 7. The number of hydrogen-bond donors (Lipinski definition) is 6. The molecule has 0 radical (unpaired) electrons. The lowest BCUT2D eigenvalue weighted by atomic mass is 9.99. The molecule has 1 saturated heterocycles. The van der Waals surface area contributed by atoms with E-state index in [1.54, 1.807) is 35.0 Å². The Hall–Kier alpha value is -2.83. The van der Waals surface area contributed by atoms with E-state index >= 15 is 0 Å². The molecule has 180 valence electrons. The Morgan fingerprint density at radius 3 is 2.41 bits per heavy atom. The molecule has 11 heteroatoms. The number of halogens is 1. The lowest BCUT2D eigenvalue weighted by Gasteiger charge is -2.40. The van der Waals surface area contributed by atoms with Crippen LogP contribution in [0.3, 0.4) is 0 Å². The maximum Gasteiger partial charge on any atom is 0.283 e. The minimum Gasteiger partial charge on any atom is -0.394 e. The van der Waals surface area contributed by atoms with E-state index in [0.29, 0.717) is 17.3 Å². The van der Waals surface area contributed by atoms with E-state index in [1.807, 2.05) is 30.3 Å². The van der Waals surface area contributed by atoms with Crippen molar-refractivity contribution >= 4 is 17.5 Å². The van der Waals surface area contributed by atoms with E-state index in [-0.39, 0.29) is 5.69 Å². The summed E-state index contributed by atoms with van der Waals surface area (Å²) in [6.45, 7) is -0.247. The Balaban J connectivity index is 1.55. The van der Waals surface area contributed by atoms with Crippen molar-refractivity contribution in [1.82, 2.24) is 20.6 Å². The van der Waals surface area contributed by atoms with Gasteiger partial charge in [-0.3, -0.25) is 14.9 Å². The lowest BCUT2D eigenvalue weighted by molar-refractivity contribution is -0.238. The van der Waals surface area contributed by atoms with Crippen molar-refractivity contribution in [3.8, 4) is 11.3 Å². The van der Waals surface area contributed by atoms with Crippen molar-refractivity contribution in [2.24, 2.45) is 0 Å². The summed E-state index contributed by atoms with van der Waals surface area (Å²) < 4.78 is 6.90. The van der Waals surface area contributed by atoms with Crippen molar-refractivity contribution in [3.63, 3.8) is 0 Å². The van der Waals surface area contributed by atoms with Crippen LogP contribution in [-0.2, 0) is 11.3 Å².